The number of thiophene rings is 1. The standard InChI is InChI=1S/C20H23ClF3N3OS/c1-12(2)17(16-4-3-9-29-16)26-19(28)13-5-7-27(8-6-13)18-15(21)10-14(11-25-18)20(22,23)24/h3-4,9-13,17H,5-8H2,1-2H3,(H,26,28)/t17-/m1/s1. The summed E-state index contributed by atoms with van der Waals surface area (Å²) in [7, 11) is 0. The summed E-state index contributed by atoms with van der Waals surface area (Å²) in [6.07, 6.45) is -2.48. The van der Waals surface area contributed by atoms with Gasteiger partial charge in [0.15, 0.2) is 0 Å². The molecule has 158 valence electrons. The van der Waals surface area contributed by atoms with Gasteiger partial charge in [0, 0.05) is 30.1 Å². The van der Waals surface area contributed by atoms with E-state index < -0.39 is 11.7 Å². The number of carbonyl (C=O) groups is 1. The highest BCUT2D eigenvalue weighted by molar-refractivity contribution is 7.10. The zero-order chi connectivity index (χ0) is 21.2. The summed E-state index contributed by atoms with van der Waals surface area (Å²) in [6.45, 7) is 5.18. The summed E-state index contributed by atoms with van der Waals surface area (Å²) in [6, 6.07) is 4.88. The molecule has 0 spiro atoms. The van der Waals surface area contributed by atoms with Crippen LogP contribution in [0.25, 0.3) is 0 Å². The molecule has 1 aliphatic heterocycles. The summed E-state index contributed by atoms with van der Waals surface area (Å²) >= 11 is 7.67. The normalized spacial score (nSPS) is 16.9. The SMILES string of the molecule is CC(C)[C@@H](NC(=O)C1CCN(c2ncc(C(F)(F)F)cc2Cl)CC1)c1cccs1. The number of nitrogens with one attached hydrogen (secondary N) is 1. The Balaban J connectivity index is 1.61. The van der Waals surface area contributed by atoms with Crippen molar-refractivity contribution < 1.29 is 18.0 Å². The first-order valence-electron chi connectivity index (χ1n) is 9.48. The van der Waals surface area contributed by atoms with Gasteiger partial charge in [-0.25, -0.2) is 4.98 Å². The Morgan fingerprint density at radius 1 is 1.34 bits per heavy atom. The molecule has 0 unspecified atom stereocenters. The van der Waals surface area contributed by atoms with Crippen LogP contribution in [-0.2, 0) is 11.0 Å². The van der Waals surface area contributed by atoms with Gasteiger partial charge < -0.3 is 10.2 Å². The Hall–Kier alpha value is -1.80. The van der Waals surface area contributed by atoms with E-state index in [9.17, 15) is 18.0 Å². The number of alkyl halides is 3. The summed E-state index contributed by atoms with van der Waals surface area (Å²) in [4.78, 5) is 19.7. The molecular weight excluding hydrogens is 423 g/mol. The molecule has 0 bridgehead atoms. The minimum absolute atomic E-state index is 0.0169. The number of rotatable bonds is 5. The third-order valence-corrected chi connectivity index (χ3v) is 6.36. The first-order valence-corrected chi connectivity index (χ1v) is 10.7. The highest BCUT2D eigenvalue weighted by atomic mass is 35.5. The van der Waals surface area contributed by atoms with Gasteiger partial charge in [0.05, 0.1) is 16.6 Å². The number of nitrogens with zero attached hydrogens (tertiary/aromatic N) is 2. The van der Waals surface area contributed by atoms with Gasteiger partial charge in [0.1, 0.15) is 5.82 Å². The molecule has 1 atom stereocenters. The Labute approximate surface area is 177 Å². The van der Waals surface area contributed by atoms with Crippen LogP contribution in [-0.4, -0.2) is 24.0 Å². The molecule has 1 N–H and O–H groups in total. The second-order valence-electron chi connectivity index (χ2n) is 7.53. The lowest BCUT2D eigenvalue weighted by Gasteiger charge is -2.33. The quantitative estimate of drug-likeness (QED) is 0.656. The fraction of sp³-hybridized carbons (Fsp3) is 0.500. The van der Waals surface area contributed by atoms with E-state index in [2.05, 4.69) is 24.1 Å². The van der Waals surface area contributed by atoms with Gasteiger partial charge >= 0.3 is 6.18 Å². The van der Waals surface area contributed by atoms with Gasteiger partial charge in [-0.3, -0.25) is 4.79 Å². The number of carbonyl (C=O) groups excluding carboxylic acids is 1. The van der Waals surface area contributed by atoms with Crippen LogP contribution in [0.1, 0.15) is 43.2 Å². The number of anilines is 1. The van der Waals surface area contributed by atoms with E-state index >= 15 is 0 Å². The number of aromatic nitrogens is 1. The van der Waals surface area contributed by atoms with Crippen LogP contribution in [0.4, 0.5) is 19.0 Å². The van der Waals surface area contributed by atoms with Crippen molar-refractivity contribution in [2.45, 2.75) is 38.9 Å². The second-order valence-corrected chi connectivity index (χ2v) is 8.92. The first-order chi connectivity index (χ1) is 13.7. The van der Waals surface area contributed by atoms with Crippen molar-refractivity contribution in [3.05, 3.63) is 45.2 Å². The minimum Gasteiger partial charge on any atom is -0.355 e. The van der Waals surface area contributed by atoms with Crippen LogP contribution in [0.2, 0.25) is 5.02 Å². The first kappa shape index (κ1) is 21.9. The van der Waals surface area contributed by atoms with Crippen molar-refractivity contribution in [2.24, 2.45) is 11.8 Å². The number of piperidine rings is 1. The zero-order valence-electron chi connectivity index (χ0n) is 16.2. The molecule has 29 heavy (non-hydrogen) atoms. The predicted molar refractivity (Wildman–Crippen MR) is 109 cm³/mol. The summed E-state index contributed by atoms with van der Waals surface area (Å²) in [5, 5.41) is 5.13. The maximum atomic E-state index is 12.8. The fourth-order valence-electron chi connectivity index (χ4n) is 3.48. The highest BCUT2D eigenvalue weighted by Crippen LogP contribution is 2.35. The average molecular weight is 446 g/mol. The monoisotopic (exact) mass is 445 g/mol. The molecule has 3 rings (SSSR count). The molecule has 2 aromatic rings. The van der Waals surface area contributed by atoms with Crippen LogP contribution in [0.3, 0.4) is 0 Å². The van der Waals surface area contributed by atoms with Gasteiger partial charge in [0.2, 0.25) is 5.91 Å². The highest BCUT2D eigenvalue weighted by Gasteiger charge is 2.33. The summed E-state index contributed by atoms with van der Waals surface area (Å²) in [5.41, 5.74) is -0.867. The Morgan fingerprint density at radius 2 is 2.03 bits per heavy atom. The summed E-state index contributed by atoms with van der Waals surface area (Å²) < 4.78 is 38.4. The van der Waals surface area contributed by atoms with E-state index in [1.807, 2.05) is 22.4 Å². The van der Waals surface area contributed by atoms with Crippen molar-refractivity contribution in [1.82, 2.24) is 10.3 Å². The fourth-order valence-corrected chi connectivity index (χ4v) is 4.71. The second kappa shape index (κ2) is 8.92. The van der Waals surface area contributed by atoms with Crippen LogP contribution < -0.4 is 10.2 Å². The van der Waals surface area contributed by atoms with Crippen molar-refractivity contribution in [3.63, 3.8) is 0 Å². The Bertz CT molecular complexity index is 834. The lowest BCUT2D eigenvalue weighted by molar-refractivity contribution is -0.137. The van der Waals surface area contributed by atoms with Gasteiger partial charge in [-0.05, 0) is 36.3 Å². The zero-order valence-corrected chi connectivity index (χ0v) is 17.7. The van der Waals surface area contributed by atoms with E-state index in [1.165, 1.54) is 0 Å². The van der Waals surface area contributed by atoms with Gasteiger partial charge in [-0.1, -0.05) is 31.5 Å². The number of amides is 1. The third kappa shape index (κ3) is 5.22. The predicted octanol–water partition coefficient (Wildman–Crippen LogP) is 5.55. The molecule has 0 aliphatic carbocycles. The molecule has 1 amide bonds. The van der Waals surface area contributed by atoms with Crippen molar-refractivity contribution in [1.29, 1.82) is 0 Å². The molecule has 0 radical (unpaired) electrons. The van der Waals surface area contributed by atoms with E-state index in [1.54, 1.807) is 11.3 Å². The number of hydrogen-bond acceptors (Lipinski definition) is 4. The smallest absolute Gasteiger partial charge is 0.355 e. The molecule has 2 aromatic heterocycles. The molecule has 1 aliphatic rings. The topological polar surface area (TPSA) is 45.2 Å². The molecule has 0 aromatic carbocycles. The molecule has 3 heterocycles. The molecule has 1 fully saturated rings. The van der Waals surface area contributed by atoms with Crippen LogP contribution in [0.5, 0.6) is 0 Å². The third-order valence-electron chi connectivity index (χ3n) is 5.13. The molecule has 9 heteroatoms. The summed E-state index contributed by atoms with van der Waals surface area (Å²) in [5.74, 6) is 0.480. The molecule has 1 saturated heterocycles. The number of hydrogen-bond donors (Lipinski definition) is 1. The van der Waals surface area contributed by atoms with Gasteiger partial charge in [0.25, 0.3) is 0 Å². The minimum atomic E-state index is -4.48. The van der Waals surface area contributed by atoms with Crippen molar-refractivity contribution in [2.75, 3.05) is 18.0 Å². The van der Waals surface area contributed by atoms with Crippen LogP contribution in [0, 0.1) is 11.8 Å². The van der Waals surface area contributed by atoms with Crippen LogP contribution in [0.15, 0.2) is 29.8 Å². The lowest BCUT2D eigenvalue weighted by Crippen LogP contribution is -2.42. The van der Waals surface area contributed by atoms with E-state index in [-0.39, 0.29) is 28.8 Å². The number of halogens is 4. The lowest BCUT2D eigenvalue weighted by atomic mass is 9.94. The number of pyridine rings is 1. The molecule has 4 nitrogen and oxygen atoms in total. The Morgan fingerprint density at radius 3 is 2.55 bits per heavy atom. The molecule has 0 saturated carbocycles. The van der Waals surface area contributed by atoms with Gasteiger partial charge in [-0.15, -0.1) is 11.3 Å². The maximum Gasteiger partial charge on any atom is 0.417 e. The maximum absolute atomic E-state index is 12.8. The Kier molecular flexibility index (Phi) is 6.73. The van der Waals surface area contributed by atoms with Crippen molar-refractivity contribution >= 4 is 34.7 Å². The van der Waals surface area contributed by atoms with Gasteiger partial charge in [-0.2, -0.15) is 13.2 Å². The van der Waals surface area contributed by atoms with Crippen molar-refractivity contribution in [3.8, 4) is 0 Å². The van der Waals surface area contributed by atoms with Crippen LogP contribution >= 0.6 is 22.9 Å². The van der Waals surface area contributed by atoms with E-state index in [0.29, 0.717) is 31.7 Å². The van der Waals surface area contributed by atoms with E-state index in [4.69, 9.17) is 11.6 Å². The van der Waals surface area contributed by atoms with E-state index in [0.717, 1.165) is 17.1 Å². The average Bonchev–Trinajstić information content (AvgIpc) is 3.19. The largest absolute Gasteiger partial charge is 0.417 e. The molecular formula is C20H23ClF3N3OS.